The summed E-state index contributed by atoms with van der Waals surface area (Å²) < 4.78 is 0. The van der Waals surface area contributed by atoms with Gasteiger partial charge in [-0.25, -0.2) is 4.98 Å². The van der Waals surface area contributed by atoms with E-state index in [0.717, 1.165) is 52.0 Å². The van der Waals surface area contributed by atoms with Gasteiger partial charge >= 0.3 is 0 Å². The highest BCUT2D eigenvalue weighted by molar-refractivity contribution is 6.01. The average Bonchev–Trinajstić information content (AvgIpc) is 3.18. The number of hydrogen-bond acceptors (Lipinski definition) is 5. The fourth-order valence-corrected chi connectivity index (χ4v) is 3.80. The lowest BCUT2D eigenvalue weighted by Crippen LogP contribution is -2.07. The number of rotatable bonds is 8. The van der Waals surface area contributed by atoms with Crippen LogP contribution in [0.1, 0.15) is 44.2 Å². The summed E-state index contributed by atoms with van der Waals surface area (Å²) in [7, 11) is 0. The number of carbonyl (C=O) groups is 1. The smallest absolute Gasteiger partial charge is 0.222 e. The predicted molar refractivity (Wildman–Crippen MR) is 126 cm³/mol. The van der Waals surface area contributed by atoms with Gasteiger partial charge in [0.2, 0.25) is 5.91 Å². The highest BCUT2D eigenvalue weighted by Crippen LogP contribution is 2.37. The molecule has 0 fully saturated rings. The van der Waals surface area contributed by atoms with E-state index < -0.39 is 0 Å². The van der Waals surface area contributed by atoms with Gasteiger partial charge in [-0.2, -0.15) is 0 Å². The zero-order valence-corrected chi connectivity index (χ0v) is 18.4. The van der Waals surface area contributed by atoms with Gasteiger partial charge in [-0.3, -0.25) is 14.8 Å². The molecule has 0 aliphatic carbocycles. The fourth-order valence-electron chi connectivity index (χ4n) is 3.80. The second kappa shape index (κ2) is 9.70. The second-order valence-electron chi connectivity index (χ2n) is 7.89. The number of aromatic nitrogens is 4. The Morgan fingerprint density at radius 1 is 1.06 bits per heavy atom. The lowest BCUT2D eigenvalue weighted by atomic mass is 10.0. The Balaban J connectivity index is 1.84. The van der Waals surface area contributed by atoms with Crippen molar-refractivity contribution in [3.05, 3.63) is 60.0 Å². The summed E-state index contributed by atoms with van der Waals surface area (Å²) in [5.74, 6) is 0.308. The third-order valence-electron chi connectivity index (χ3n) is 5.38. The molecule has 0 radical (unpaired) electrons. The van der Waals surface area contributed by atoms with Crippen molar-refractivity contribution in [3.63, 3.8) is 0 Å². The van der Waals surface area contributed by atoms with Crippen LogP contribution >= 0.6 is 0 Å². The molecule has 0 unspecified atom stereocenters. The average molecular weight is 430 g/mol. The molecule has 0 saturated carbocycles. The molecule has 32 heavy (non-hydrogen) atoms. The van der Waals surface area contributed by atoms with Crippen LogP contribution in [-0.2, 0) is 17.8 Å². The Bertz CT molecular complexity index is 1230. The number of anilines is 1. The number of nitrogens with zero attached hydrogens (tertiary/aromatic N) is 3. The molecule has 0 spiro atoms. The van der Waals surface area contributed by atoms with Crippen molar-refractivity contribution in [2.45, 2.75) is 46.1 Å². The molecular weight excluding hydrogens is 402 g/mol. The third-order valence-corrected chi connectivity index (χ3v) is 5.38. The summed E-state index contributed by atoms with van der Waals surface area (Å²) in [5, 5.41) is 12.1. The van der Waals surface area contributed by atoms with E-state index in [1.54, 1.807) is 12.4 Å². The number of amides is 1. The maximum absolute atomic E-state index is 11.5. The molecule has 0 aliphatic rings. The molecule has 0 saturated heterocycles. The van der Waals surface area contributed by atoms with Crippen molar-refractivity contribution in [2.75, 3.05) is 5.32 Å². The number of nitrogens with one attached hydrogen (secondary N) is 2. The first kappa shape index (κ1) is 21.6. The molecule has 0 aliphatic heterocycles. The topological polar surface area (TPSA) is 104 Å². The molecule has 7 nitrogen and oxygen atoms in total. The monoisotopic (exact) mass is 429 g/mol. The van der Waals surface area contributed by atoms with Crippen LogP contribution in [0.5, 0.6) is 0 Å². The van der Waals surface area contributed by atoms with E-state index in [2.05, 4.69) is 33.3 Å². The molecule has 7 heteroatoms. The normalized spacial score (nSPS) is 11.1. The fraction of sp³-hybridized carbons (Fsp3) is 0.280. The van der Waals surface area contributed by atoms with Crippen molar-refractivity contribution in [3.8, 4) is 22.5 Å². The Morgan fingerprint density at radius 3 is 2.62 bits per heavy atom. The molecule has 3 N–H and O–H groups in total. The third kappa shape index (κ3) is 4.68. The maximum Gasteiger partial charge on any atom is 0.222 e. The van der Waals surface area contributed by atoms with Gasteiger partial charge in [-0.05, 0) is 48.2 Å². The van der Waals surface area contributed by atoms with E-state index in [9.17, 15) is 9.90 Å². The van der Waals surface area contributed by atoms with Gasteiger partial charge in [0.25, 0.3) is 0 Å². The van der Waals surface area contributed by atoms with Crippen molar-refractivity contribution in [2.24, 2.45) is 0 Å². The number of pyridine rings is 3. The van der Waals surface area contributed by atoms with Gasteiger partial charge in [0.1, 0.15) is 5.82 Å². The number of aliphatic hydroxyl groups excluding tert-OH is 1. The number of aromatic amines is 1. The maximum atomic E-state index is 11.5. The number of H-pyrrole nitrogens is 1. The molecule has 0 aromatic carbocycles. The van der Waals surface area contributed by atoms with Crippen LogP contribution in [0.3, 0.4) is 0 Å². The number of fused-ring (bicyclic) bond motifs is 1. The molecule has 4 aromatic heterocycles. The summed E-state index contributed by atoms with van der Waals surface area (Å²) >= 11 is 0. The van der Waals surface area contributed by atoms with E-state index in [-0.39, 0.29) is 12.5 Å². The summed E-state index contributed by atoms with van der Waals surface area (Å²) in [4.78, 5) is 28.6. The van der Waals surface area contributed by atoms with Gasteiger partial charge in [-0.15, -0.1) is 0 Å². The number of aryl methyl sites for hydroxylation is 1. The summed E-state index contributed by atoms with van der Waals surface area (Å²) in [5.41, 5.74) is 7.09. The first-order chi connectivity index (χ1) is 15.6. The van der Waals surface area contributed by atoms with Crippen LogP contribution in [0, 0.1) is 0 Å². The Labute approximate surface area is 187 Å². The largest absolute Gasteiger partial charge is 0.392 e. The van der Waals surface area contributed by atoms with Gasteiger partial charge in [0.05, 0.1) is 34.6 Å². The Kier molecular flexibility index (Phi) is 6.56. The molecule has 1 amide bonds. The quantitative estimate of drug-likeness (QED) is 0.347. The minimum atomic E-state index is -0.175. The zero-order valence-electron chi connectivity index (χ0n) is 18.4. The van der Waals surface area contributed by atoms with Crippen LogP contribution in [0.15, 0.2) is 48.9 Å². The van der Waals surface area contributed by atoms with Crippen molar-refractivity contribution >= 4 is 22.8 Å². The van der Waals surface area contributed by atoms with Crippen LogP contribution in [0.2, 0.25) is 0 Å². The summed E-state index contributed by atoms with van der Waals surface area (Å²) in [6.45, 7) is 3.60. The van der Waals surface area contributed by atoms with Crippen LogP contribution < -0.4 is 5.32 Å². The molecule has 164 valence electrons. The zero-order chi connectivity index (χ0) is 22.5. The highest BCUT2D eigenvalue weighted by atomic mass is 16.3. The summed E-state index contributed by atoms with van der Waals surface area (Å²) in [6, 6.07) is 9.64. The highest BCUT2D eigenvalue weighted by Gasteiger charge is 2.18. The molecular formula is C25H27N5O2. The van der Waals surface area contributed by atoms with Gasteiger partial charge in [0.15, 0.2) is 0 Å². The van der Waals surface area contributed by atoms with Crippen molar-refractivity contribution in [1.29, 1.82) is 0 Å². The standard InChI is InChI=1S/C25H27N5O2/c1-3-4-5-6-17-11-21-25(28-13-17)23(20-8-7-18(15-31)14-27-20)24(30-21)19-9-10-26-22(12-19)29-16(2)32/h7-14,30-31H,3-6,15H2,1-2H3,(H,26,29,32). The van der Waals surface area contributed by atoms with Crippen molar-refractivity contribution < 1.29 is 9.90 Å². The van der Waals surface area contributed by atoms with Gasteiger partial charge in [0, 0.05) is 31.1 Å². The lowest BCUT2D eigenvalue weighted by molar-refractivity contribution is -0.114. The van der Waals surface area contributed by atoms with E-state index in [1.165, 1.54) is 25.3 Å². The van der Waals surface area contributed by atoms with Crippen molar-refractivity contribution in [1.82, 2.24) is 19.9 Å². The van der Waals surface area contributed by atoms with E-state index in [1.807, 2.05) is 30.5 Å². The van der Waals surface area contributed by atoms with Crippen LogP contribution in [0.25, 0.3) is 33.5 Å². The number of unbranched alkanes of at least 4 members (excludes halogenated alkanes) is 2. The van der Waals surface area contributed by atoms with Crippen LogP contribution in [-0.4, -0.2) is 30.9 Å². The van der Waals surface area contributed by atoms with E-state index in [0.29, 0.717) is 5.82 Å². The minimum Gasteiger partial charge on any atom is -0.392 e. The molecule has 0 bridgehead atoms. The van der Waals surface area contributed by atoms with Gasteiger partial charge in [-0.1, -0.05) is 25.8 Å². The number of hydrogen-bond donors (Lipinski definition) is 3. The second-order valence-corrected chi connectivity index (χ2v) is 7.89. The van der Waals surface area contributed by atoms with E-state index >= 15 is 0 Å². The van der Waals surface area contributed by atoms with Gasteiger partial charge < -0.3 is 15.4 Å². The van der Waals surface area contributed by atoms with E-state index in [4.69, 9.17) is 4.98 Å². The molecule has 4 aromatic rings. The summed E-state index contributed by atoms with van der Waals surface area (Å²) in [6.07, 6.45) is 9.79. The SMILES string of the molecule is CCCCCc1cnc2c(-c3ccc(CO)cn3)c(-c3ccnc(NC(C)=O)c3)[nH]c2c1. The minimum absolute atomic E-state index is 0.0577. The first-order valence-corrected chi connectivity index (χ1v) is 10.9. The predicted octanol–water partition coefficient (Wildman–Crippen LogP) is 4.87. The lowest BCUT2D eigenvalue weighted by Gasteiger charge is -2.07. The first-order valence-electron chi connectivity index (χ1n) is 10.9. The Morgan fingerprint density at radius 2 is 1.91 bits per heavy atom. The van der Waals surface area contributed by atoms with Crippen LogP contribution in [0.4, 0.5) is 5.82 Å². The number of carbonyl (C=O) groups excluding carboxylic acids is 1. The molecule has 4 rings (SSSR count). The molecule has 0 atom stereocenters. The number of aliphatic hydroxyl groups is 1. The Hall–Kier alpha value is -3.58. The molecule has 4 heterocycles.